The fourth-order valence-corrected chi connectivity index (χ4v) is 1.93. The molecule has 1 fully saturated rings. The number of hydrogen-bond donors (Lipinski definition) is 1. The molecule has 1 aromatic carbocycles. The Bertz CT molecular complexity index is 560. The van der Waals surface area contributed by atoms with E-state index in [4.69, 9.17) is 33.8 Å². The van der Waals surface area contributed by atoms with Crippen LogP contribution in [-0.4, -0.2) is 18.8 Å². The number of halogens is 5. The second-order valence-corrected chi connectivity index (χ2v) is 5.28. The van der Waals surface area contributed by atoms with Gasteiger partial charge in [-0.05, 0) is 30.9 Å². The molecule has 0 amide bonds. The maximum Gasteiger partial charge on any atom is 0.573 e. The van der Waals surface area contributed by atoms with Crippen molar-refractivity contribution >= 4 is 29.0 Å². The first kappa shape index (κ1) is 16.0. The third-order valence-electron chi connectivity index (χ3n) is 2.71. The van der Waals surface area contributed by atoms with Crippen LogP contribution in [0.1, 0.15) is 18.4 Å². The topological polar surface area (TPSA) is 56.8 Å². The first-order valence-electron chi connectivity index (χ1n) is 5.97. The molecule has 0 heterocycles. The van der Waals surface area contributed by atoms with Gasteiger partial charge in [0.2, 0.25) is 0 Å². The molecule has 1 aliphatic rings. The molecule has 4 nitrogen and oxygen atoms in total. The SMILES string of the molecule is NC(=NOCC1CC1)c1c(OC(F)(F)F)ccc(Cl)c1Cl. The van der Waals surface area contributed by atoms with Crippen LogP contribution in [0.5, 0.6) is 5.75 Å². The summed E-state index contributed by atoms with van der Waals surface area (Å²) < 4.78 is 41.0. The third-order valence-corrected chi connectivity index (χ3v) is 3.51. The van der Waals surface area contributed by atoms with Crippen molar-refractivity contribution in [3.05, 3.63) is 27.7 Å². The summed E-state index contributed by atoms with van der Waals surface area (Å²) in [5, 5.41) is 3.41. The van der Waals surface area contributed by atoms with Gasteiger partial charge in [-0.15, -0.1) is 13.2 Å². The van der Waals surface area contributed by atoms with Gasteiger partial charge in [-0.1, -0.05) is 28.4 Å². The predicted octanol–water partition coefficient (Wildman–Crippen LogP) is 3.94. The van der Waals surface area contributed by atoms with Gasteiger partial charge >= 0.3 is 6.36 Å². The lowest BCUT2D eigenvalue weighted by atomic mass is 10.2. The number of rotatable bonds is 5. The van der Waals surface area contributed by atoms with E-state index >= 15 is 0 Å². The molecule has 0 bridgehead atoms. The second kappa shape index (κ2) is 6.19. The predicted molar refractivity (Wildman–Crippen MR) is 72.5 cm³/mol. The highest BCUT2D eigenvalue weighted by atomic mass is 35.5. The van der Waals surface area contributed by atoms with Crippen molar-refractivity contribution in [3.63, 3.8) is 0 Å². The largest absolute Gasteiger partial charge is 0.573 e. The first-order valence-corrected chi connectivity index (χ1v) is 6.73. The second-order valence-electron chi connectivity index (χ2n) is 4.50. The number of benzene rings is 1. The Kier molecular flexibility index (Phi) is 4.73. The van der Waals surface area contributed by atoms with Crippen LogP contribution in [0.25, 0.3) is 0 Å². The number of hydrogen-bond acceptors (Lipinski definition) is 3. The highest BCUT2D eigenvalue weighted by molar-refractivity contribution is 6.44. The fourth-order valence-electron chi connectivity index (χ4n) is 1.52. The van der Waals surface area contributed by atoms with Crippen LogP contribution >= 0.6 is 23.2 Å². The van der Waals surface area contributed by atoms with E-state index < -0.39 is 12.1 Å². The average Bonchev–Trinajstić information content (AvgIpc) is 3.16. The average molecular weight is 343 g/mol. The number of nitrogens with zero attached hydrogens (tertiary/aromatic N) is 1. The minimum Gasteiger partial charge on any atom is -0.405 e. The Morgan fingerprint density at radius 1 is 1.33 bits per heavy atom. The summed E-state index contributed by atoms with van der Waals surface area (Å²) in [6.07, 6.45) is -2.81. The first-order chi connectivity index (χ1) is 9.78. The van der Waals surface area contributed by atoms with E-state index in [1.807, 2.05) is 0 Å². The summed E-state index contributed by atoms with van der Waals surface area (Å²) in [6, 6.07) is 2.19. The summed E-state index contributed by atoms with van der Waals surface area (Å²) in [7, 11) is 0. The summed E-state index contributed by atoms with van der Waals surface area (Å²) >= 11 is 11.7. The minimum atomic E-state index is -4.89. The van der Waals surface area contributed by atoms with E-state index in [0.29, 0.717) is 12.5 Å². The maximum absolute atomic E-state index is 12.4. The zero-order valence-electron chi connectivity index (χ0n) is 10.6. The van der Waals surface area contributed by atoms with Crippen LogP contribution in [0.4, 0.5) is 13.2 Å². The van der Waals surface area contributed by atoms with Crippen molar-refractivity contribution in [3.8, 4) is 5.75 Å². The van der Waals surface area contributed by atoms with E-state index in [1.54, 1.807) is 0 Å². The summed E-state index contributed by atoms with van der Waals surface area (Å²) in [4.78, 5) is 4.98. The van der Waals surface area contributed by atoms with Crippen molar-refractivity contribution in [1.29, 1.82) is 0 Å². The lowest BCUT2D eigenvalue weighted by molar-refractivity contribution is -0.274. The van der Waals surface area contributed by atoms with Crippen LogP contribution in [0.3, 0.4) is 0 Å². The molecule has 0 saturated heterocycles. The van der Waals surface area contributed by atoms with Gasteiger partial charge in [0.25, 0.3) is 0 Å². The van der Waals surface area contributed by atoms with Crippen LogP contribution in [0, 0.1) is 5.92 Å². The van der Waals surface area contributed by atoms with Crippen LogP contribution < -0.4 is 10.5 Å². The molecule has 2 rings (SSSR count). The van der Waals surface area contributed by atoms with E-state index in [2.05, 4.69) is 9.89 Å². The molecule has 0 atom stereocenters. The van der Waals surface area contributed by atoms with Crippen molar-refractivity contribution in [2.24, 2.45) is 16.8 Å². The van der Waals surface area contributed by atoms with Gasteiger partial charge in [-0.3, -0.25) is 0 Å². The zero-order valence-corrected chi connectivity index (χ0v) is 12.1. The number of nitrogens with two attached hydrogens (primary N) is 1. The van der Waals surface area contributed by atoms with Crippen molar-refractivity contribution in [1.82, 2.24) is 0 Å². The molecular formula is C12H11Cl2F3N2O2. The maximum atomic E-state index is 12.4. The number of alkyl halides is 3. The highest BCUT2D eigenvalue weighted by Gasteiger charge is 2.33. The molecule has 0 spiro atoms. The van der Waals surface area contributed by atoms with Crippen molar-refractivity contribution in [2.75, 3.05) is 6.61 Å². The molecule has 0 aromatic heterocycles. The van der Waals surface area contributed by atoms with E-state index in [0.717, 1.165) is 18.9 Å². The van der Waals surface area contributed by atoms with Gasteiger partial charge in [0.15, 0.2) is 5.84 Å². The molecule has 0 aliphatic heterocycles. The standard InChI is InChI=1S/C12H11Cl2F3N2O2/c13-7-3-4-8(21-12(15,16)17)9(10(7)14)11(18)19-20-5-6-1-2-6/h3-4,6H,1-2,5H2,(H2,18,19). The van der Waals surface area contributed by atoms with Gasteiger partial charge in [-0.25, -0.2) is 0 Å². The lowest BCUT2D eigenvalue weighted by Crippen LogP contribution is -2.22. The normalized spacial score (nSPS) is 16.0. The summed E-state index contributed by atoms with van der Waals surface area (Å²) in [5.41, 5.74) is 5.37. The summed E-state index contributed by atoms with van der Waals surface area (Å²) in [6.45, 7) is 0.356. The molecule has 0 radical (unpaired) electrons. The zero-order chi connectivity index (χ0) is 15.6. The minimum absolute atomic E-state index is 0.0292. The Hall–Kier alpha value is -1.34. The molecule has 1 aromatic rings. The van der Waals surface area contributed by atoms with Gasteiger partial charge < -0.3 is 15.3 Å². The van der Waals surface area contributed by atoms with Crippen LogP contribution in [-0.2, 0) is 4.84 Å². The molecular weight excluding hydrogens is 332 g/mol. The molecule has 116 valence electrons. The van der Waals surface area contributed by atoms with Gasteiger partial charge in [0.1, 0.15) is 12.4 Å². The number of amidine groups is 1. The highest BCUT2D eigenvalue weighted by Crippen LogP contribution is 2.35. The van der Waals surface area contributed by atoms with E-state index in [9.17, 15) is 13.2 Å². The van der Waals surface area contributed by atoms with Crippen LogP contribution in [0.15, 0.2) is 17.3 Å². The lowest BCUT2D eigenvalue weighted by Gasteiger charge is -2.14. The van der Waals surface area contributed by atoms with E-state index in [-0.39, 0.29) is 21.4 Å². The molecule has 9 heteroatoms. The molecule has 1 aliphatic carbocycles. The summed E-state index contributed by atoms with van der Waals surface area (Å²) in [5.74, 6) is -0.502. The van der Waals surface area contributed by atoms with Gasteiger partial charge in [-0.2, -0.15) is 0 Å². The molecule has 0 unspecified atom stereocenters. The number of ether oxygens (including phenoxy) is 1. The van der Waals surface area contributed by atoms with Crippen molar-refractivity contribution in [2.45, 2.75) is 19.2 Å². The van der Waals surface area contributed by atoms with Gasteiger partial charge in [0.05, 0.1) is 15.6 Å². The van der Waals surface area contributed by atoms with Gasteiger partial charge in [0, 0.05) is 0 Å². The Labute approximate surface area is 128 Å². The third kappa shape index (κ3) is 4.57. The molecule has 2 N–H and O–H groups in total. The quantitative estimate of drug-likeness (QED) is 0.501. The number of oxime groups is 1. The molecule has 1 saturated carbocycles. The van der Waals surface area contributed by atoms with E-state index in [1.165, 1.54) is 6.07 Å². The molecule has 21 heavy (non-hydrogen) atoms. The Balaban J connectivity index is 2.27. The smallest absolute Gasteiger partial charge is 0.405 e. The van der Waals surface area contributed by atoms with Crippen LogP contribution in [0.2, 0.25) is 10.0 Å². The monoisotopic (exact) mass is 342 g/mol. The fraction of sp³-hybridized carbons (Fsp3) is 0.417. The van der Waals surface area contributed by atoms with Crippen molar-refractivity contribution < 1.29 is 22.7 Å². The Morgan fingerprint density at radius 2 is 2.00 bits per heavy atom. The Morgan fingerprint density at radius 3 is 2.57 bits per heavy atom.